The van der Waals surface area contributed by atoms with E-state index < -0.39 is 32.0 Å². The molecule has 0 radical (unpaired) electrons. The largest absolute Gasteiger partial charge is 0.401 e. The van der Waals surface area contributed by atoms with E-state index in [2.05, 4.69) is 0 Å². The van der Waals surface area contributed by atoms with Crippen molar-refractivity contribution in [2.45, 2.75) is 45.6 Å². The maximum absolute atomic E-state index is 13.3. The molecule has 0 heterocycles. The second-order valence-corrected chi connectivity index (χ2v) is 5.75. The summed E-state index contributed by atoms with van der Waals surface area (Å²) in [7, 11) is -4.49. The van der Waals surface area contributed by atoms with Crippen LogP contribution in [0.2, 0.25) is 0 Å². The molecule has 0 fully saturated rings. The Morgan fingerprint density at radius 3 is 1.73 bits per heavy atom. The van der Waals surface area contributed by atoms with Crippen LogP contribution in [0.25, 0.3) is 0 Å². The Kier molecular flexibility index (Phi) is 5.33. The smallest absolute Gasteiger partial charge is 0.325 e. The molecule has 0 aliphatic heterocycles. The highest BCUT2D eigenvalue weighted by Gasteiger charge is 2.53. The third-order valence-corrected chi connectivity index (χ3v) is 3.73. The van der Waals surface area contributed by atoms with Crippen LogP contribution in [0, 0.1) is 0 Å². The van der Waals surface area contributed by atoms with E-state index in [-0.39, 0.29) is 0 Å². The summed E-state index contributed by atoms with van der Waals surface area (Å²) >= 11 is 0. The van der Waals surface area contributed by atoms with E-state index in [1.807, 2.05) is 0 Å². The lowest BCUT2D eigenvalue weighted by atomic mass is 10.5. The van der Waals surface area contributed by atoms with Crippen LogP contribution < -0.4 is 5.73 Å². The lowest BCUT2D eigenvalue weighted by Gasteiger charge is -2.28. The van der Waals surface area contributed by atoms with Gasteiger partial charge in [-0.25, -0.2) is 0 Å². The molecule has 0 aliphatic rings. The van der Waals surface area contributed by atoms with Crippen LogP contribution >= 0.6 is 7.60 Å². The fourth-order valence-corrected chi connectivity index (χ4v) is 2.54. The van der Waals surface area contributed by atoms with Crippen molar-refractivity contribution in [2.24, 2.45) is 5.73 Å². The van der Waals surface area contributed by atoms with Crippen LogP contribution in [0.1, 0.15) is 27.7 Å². The third kappa shape index (κ3) is 4.15. The first-order chi connectivity index (χ1) is 6.64. The van der Waals surface area contributed by atoms with E-state index in [9.17, 15) is 13.3 Å². The number of halogens is 2. The molecule has 0 rings (SSSR count). The molecular formula is C8H18F2NO3P. The third-order valence-electron chi connectivity index (χ3n) is 1.35. The lowest BCUT2D eigenvalue weighted by molar-refractivity contribution is 0.0263. The van der Waals surface area contributed by atoms with Crippen molar-refractivity contribution < 1.29 is 22.4 Å². The minimum absolute atomic E-state index is 0.619. The maximum atomic E-state index is 13.3. The van der Waals surface area contributed by atoms with E-state index >= 15 is 0 Å². The van der Waals surface area contributed by atoms with Gasteiger partial charge in [-0.1, -0.05) is 0 Å². The van der Waals surface area contributed by atoms with Gasteiger partial charge in [0.25, 0.3) is 0 Å². The molecule has 0 aliphatic carbocycles. The van der Waals surface area contributed by atoms with Gasteiger partial charge < -0.3 is 14.8 Å². The van der Waals surface area contributed by atoms with Crippen LogP contribution in [0.4, 0.5) is 8.78 Å². The normalized spacial score (nSPS) is 13.9. The number of nitrogens with two attached hydrogens (primary N) is 1. The SMILES string of the molecule is CC(C)OP(=O)(OC(C)C)C(F)(F)CN. The minimum Gasteiger partial charge on any atom is -0.325 e. The zero-order chi connectivity index (χ0) is 12.3. The molecule has 0 saturated carbocycles. The molecule has 0 saturated heterocycles. The Morgan fingerprint density at radius 2 is 1.53 bits per heavy atom. The summed E-state index contributed by atoms with van der Waals surface area (Å²) in [5, 5.41) is 0. The summed E-state index contributed by atoms with van der Waals surface area (Å²) in [5.41, 5.74) is 1.21. The Balaban J connectivity index is 4.94. The highest BCUT2D eigenvalue weighted by atomic mass is 31.2. The van der Waals surface area contributed by atoms with Crippen molar-refractivity contribution in [2.75, 3.05) is 6.54 Å². The predicted octanol–water partition coefficient (Wildman–Crippen LogP) is 2.58. The van der Waals surface area contributed by atoms with E-state index in [0.717, 1.165) is 0 Å². The van der Waals surface area contributed by atoms with Crippen molar-refractivity contribution in [1.82, 2.24) is 0 Å². The van der Waals surface area contributed by atoms with Crippen molar-refractivity contribution >= 4 is 7.60 Å². The maximum Gasteiger partial charge on any atom is 0.401 e. The van der Waals surface area contributed by atoms with E-state index in [4.69, 9.17) is 14.8 Å². The van der Waals surface area contributed by atoms with E-state index in [0.29, 0.717) is 0 Å². The zero-order valence-corrected chi connectivity index (χ0v) is 10.3. The Bertz CT molecular complexity index is 232. The van der Waals surface area contributed by atoms with Crippen molar-refractivity contribution in [3.8, 4) is 0 Å². The van der Waals surface area contributed by atoms with Gasteiger partial charge in [0.15, 0.2) is 0 Å². The first-order valence-corrected chi connectivity index (χ1v) is 6.23. The van der Waals surface area contributed by atoms with Gasteiger partial charge in [0, 0.05) is 0 Å². The van der Waals surface area contributed by atoms with Crippen molar-refractivity contribution in [3.05, 3.63) is 0 Å². The fourth-order valence-electron chi connectivity index (χ4n) is 0.846. The molecule has 0 amide bonds. The Labute approximate surface area is 88.7 Å². The van der Waals surface area contributed by atoms with Gasteiger partial charge in [0.1, 0.15) is 0 Å². The molecule has 2 N–H and O–H groups in total. The second-order valence-electron chi connectivity index (χ2n) is 3.68. The zero-order valence-electron chi connectivity index (χ0n) is 9.37. The number of hydrogen-bond donors (Lipinski definition) is 1. The molecule has 0 aromatic heterocycles. The van der Waals surface area contributed by atoms with Crippen LogP contribution in [0.15, 0.2) is 0 Å². The molecular weight excluding hydrogens is 227 g/mol. The van der Waals surface area contributed by atoms with Crippen molar-refractivity contribution in [3.63, 3.8) is 0 Å². The summed E-state index contributed by atoms with van der Waals surface area (Å²) in [4.78, 5) is 0. The fraction of sp³-hybridized carbons (Fsp3) is 1.00. The first-order valence-electron chi connectivity index (χ1n) is 4.69. The van der Waals surface area contributed by atoms with Crippen molar-refractivity contribution in [1.29, 1.82) is 0 Å². The van der Waals surface area contributed by atoms with Crippen LogP contribution in [0.5, 0.6) is 0 Å². The lowest BCUT2D eigenvalue weighted by Crippen LogP contribution is -2.31. The second kappa shape index (κ2) is 5.34. The number of alkyl halides is 2. The molecule has 0 aromatic rings. The summed E-state index contributed by atoms with van der Waals surface area (Å²) in [5.74, 6) is 0. The average molecular weight is 245 g/mol. The molecule has 0 aromatic carbocycles. The highest BCUT2D eigenvalue weighted by Crippen LogP contribution is 2.62. The summed E-state index contributed by atoms with van der Waals surface area (Å²) in [6, 6.07) is 0. The average Bonchev–Trinajstić information content (AvgIpc) is 2.00. The summed E-state index contributed by atoms with van der Waals surface area (Å²) in [6.45, 7) is 4.95. The molecule has 0 spiro atoms. The van der Waals surface area contributed by atoms with E-state index in [1.165, 1.54) is 27.7 Å². The molecule has 15 heavy (non-hydrogen) atoms. The Morgan fingerprint density at radius 1 is 1.20 bits per heavy atom. The van der Waals surface area contributed by atoms with Crippen LogP contribution in [-0.4, -0.2) is 24.4 Å². The van der Waals surface area contributed by atoms with Gasteiger partial charge in [-0.15, -0.1) is 0 Å². The summed E-state index contributed by atoms with van der Waals surface area (Å²) < 4.78 is 47.8. The van der Waals surface area contributed by atoms with Gasteiger partial charge in [-0.2, -0.15) is 8.78 Å². The minimum atomic E-state index is -4.49. The van der Waals surface area contributed by atoms with Crippen LogP contribution in [-0.2, 0) is 13.6 Å². The molecule has 92 valence electrons. The van der Waals surface area contributed by atoms with Gasteiger partial charge in [0.05, 0.1) is 18.8 Å². The molecule has 0 unspecified atom stereocenters. The highest BCUT2D eigenvalue weighted by molar-refractivity contribution is 7.55. The monoisotopic (exact) mass is 245 g/mol. The topological polar surface area (TPSA) is 61.5 Å². The standard InChI is InChI=1S/C8H18F2NO3P/c1-6(2)13-15(12,14-7(3)4)8(9,10)5-11/h6-7H,5,11H2,1-4H3. The predicted molar refractivity (Wildman–Crippen MR) is 54.0 cm³/mol. The summed E-state index contributed by atoms with van der Waals surface area (Å²) in [6.07, 6.45) is -1.24. The van der Waals surface area contributed by atoms with Gasteiger partial charge in [0.2, 0.25) is 0 Å². The van der Waals surface area contributed by atoms with Gasteiger partial charge in [-0.3, -0.25) is 4.57 Å². The van der Waals surface area contributed by atoms with Crippen LogP contribution in [0.3, 0.4) is 0 Å². The molecule has 0 bridgehead atoms. The molecule has 0 atom stereocenters. The quantitative estimate of drug-likeness (QED) is 0.730. The molecule has 4 nitrogen and oxygen atoms in total. The Hall–Kier alpha value is -0.0300. The first kappa shape index (κ1) is 15.0. The number of rotatable bonds is 6. The number of hydrogen-bond acceptors (Lipinski definition) is 4. The van der Waals surface area contributed by atoms with Gasteiger partial charge >= 0.3 is 13.3 Å². The molecule has 7 heteroatoms. The van der Waals surface area contributed by atoms with E-state index in [1.54, 1.807) is 0 Å². The van der Waals surface area contributed by atoms with Gasteiger partial charge in [-0.05, 0) is 27.7 Å².